The lowest BCUT2D eigenvalue weighted by atomic mass is 10.4. The summed E-state index contributed by atoms with van der Waals surface area (Å²) in [6.07, 6.45) is 5.24. The van der Waals surface area contributed by atoms with Crippen molar-refractivity contribution >= 4 is 18.0 Å². The van der Waals surface area contributed by atoms with Gasteiger partial charge < -0.3 is 4.74 Å². The minimum Gasteiger partial charge on any atom is -0.387 e. The molecule has 1 rings (SSSR count). The van der Waals surface area contributed by atoms with E-state index < -0.39 is 11.9 Å². The molecule has 0 aromatic carbocycles. The lowest BCUT2D eigenvalue weighted by molar-refractivity contribution is -0.152. The fraction of sp³-hybridized carbons (Fsp3) is 0.100. The van der Waals surface area contributed by atoms with Crippen LogP contribution in [0.2, 0.25) is 0 Å². The smallest absolute Gasteiger partial charge is 0.338 e. The molecule has 0 aliphatic rings. The molecule has 0 atom stereocenters. The van der Waals surface area contributed by atoms with Crippen LogP contribution in [0.3, 0.4) is 0 Å². The Kier molecular flexibility index (Phi) is 3.56. The topological polar surface area (TPSA) is 61.2 Å². The summed E-state index contributed by atoms with van der Waals surface area (Å²) in [6, 6.07) is 1.72. The van der Waals surface area contributed by atoms with Crippen LogP contribution < -0.4 is 0 Å². The first-order valence-electron chi connectivity index (χ1n) is 4.18. The lowest BCUT2D eigenvalue weighted by Gasteiger charge is -1.92. The van der Waals surface area contributed by atoms with E-state index >= 15 is 0 Å². The van der Waals surface area contributed by atoms with E-state index in [9.17, 15) is 9.59 Å². The number of aromatic nitrogens is 2. The molecule has 0 spiro atoms. The Bertz CT molecular complexity index is 418. The van der Waals surface area contributed by atoms with Crippen LogP contribution in [0.1, 0.15) is 5.69 Å². The molecule has 1 aromatic heterocycles. The van der Waals surface area contributed by atoms with Gasteiger partial charge in [0.2, 0.25) is 0 Å². The molecule has 0 fully saturated rings. The van der Waals surface area contributed by atoms with Gasteiger partial charge >= 0.3 is 11.9 Å². The molecule has 0 aliphatic carbocycles. The van der Waals surface area contributed by atoms with Crippen molar-refractivity contribution in [2.75, 3.05) is 0 Å². The average Bonchev–Trinajstić information content (AvgIpc) is 2.61. The highest BCUT2D eigenvalue weighted by Crippen LogP contribution is 1.97. The van der Waals surface area contributed by atoms with Crippen LogP contribution >= 0.6 is 0 Å². The van der Waals surface area contributed by atoms with Gasteiger partial charge in [-0.1, -0.05) is 6.58 Å². The molecule has 5 nitrogen and oxygen atoms in total. The number of carbonyl (C=O) groups excluding carboxylic acids is 2. The Labute approximate surface area is 86.7 Å². The van der Waals surface area contributed by atoms with Crippen LogP contribution in [0.15, 0.2) is 31.0 Å². The molecule has 15 heavy (non-hydrogen) atoms. The van der Waals surface area contributed by atoms with E-state index in [1.165, 1.54) is 6.08 Å². The lowest BCUT2D eigenvalue weighted by Crippen LogP contribution is -2.06. The largest absolute Gasteiger partial charge is 0.387 e. The predicted octanol–water partition coefficient (Wildman–Crippen LogP) is 0.689. The standard InChI is InChI=1S/C10H10N2O3/c1-3-9(13)15-10(14)5-4-8-6-7-12(2)11-8/h3-7H,1H2,2H3/b5-4+. The Balaban J connectivity index is 2.54. The second kappa shape index (κ2) is 4.90. The normalized spacial score (nSPS) is 10.2. The van der Waals surface area contributed by atoms with Gasteiger partial charge in [-0.25, -0.2) is 9.59 Å². The highest BCUT2D eigenvalue weighted by molar-refractivity contribution is 5.97. The molecule has 0 bridgehead atoms. The van der Waals surface area contributed by atoms with Gasteiger partial charge in [0.15, 0.2) is 0 Å². The van der Waals surface area contributed by atoms with Gasteiger partial charge in [0.25, 0.3) is 0 Å². The molecular formula is C10H10N2O3. The molecule has 0 unspecified atom stereocenters. The van der Waals surface area contributed by atoms with Gasteiger partial charge in [-0.05, 0) is 12.1 Å². The molecule has 0 amide bonds. The molecule has 1 heterocycles. The van der Waals surface area contributed by atoms with E-state index in [0.717, 1.165) is 12.2 Å². The van der Waals surface area contributed by atoms with Crippen molar-refractivity contribution in [2.24, 2.45) is 7.05 Å². The fourth-order valence-corrected chi connectivity index (χ4v) is 0.850. The van der Waals surface area contributed by atoms with Gasteiger partial charge in [-0.3, -0.25) is 4.68 Å². The summed E-state index contributed by atoms with van der Waals surface area (Å²) in [6.45, 7) is 3.17. The van der Waals surface area contributed by atoms with Crippen LogP contribution in [0.5, 0.6) is 0 Å². The fourth-order valence-electron chi connectivity index (χ4n) is 0.850. The zero-order chi connectivity index (χ0) is 11.3. The Morgan fingerprint density at radius 2 is 2.27 bits per heavy atom. The van der Waals surface area contributed by atoms with Gasteiger partial charge in [0, 0.05) is 25.4 Å². The van der Waals surface area contributed by atoms with Crippen LogP contribution in [0, 0.1) is 0 Å². The highest BCUT2D eigenvalue weighted by Gasteiger charge is 2.02. The van der Waals surface area contributed by atoms with Gasteiger partial charge in [0.1, 0.15) is 0 Å². The van der Waals surface area contributed by atoms with Crippen molar-refractivity contribution in [2.45, 2.75) is 0 Å². The van der Waals surface area contributed by atoms with Crippen molar-refractivity contribution < 1.29 is 14.3 Å². The number of ether oxygens (including phenoxy) is 1. The van der Waals surface area contributed by atoms with Crippen molar-refractivity contribution in [3.05, 3.63) is 36.7 Å². The molecule has 78 valence electrons. The SMILES string of the molecule is C=CC(=O)OC(=O)/C=C/c1ccn(C)n1. The summed E-state index contributed by atoms with van der Waals surface area (Å²) < 4.78 is 5.91. The molecule has 5 heteroatoms. The Hall–Kier alpha value is -2.17. The average molecular weight is 206 g/mol. The third-order valence-electron chi connectivity index (χ3n) is 1.49. The summed E-state index contributed by atoms with van der Waals surface area (Å²) in [4.78, 5) is 21.6. The van der Waals surface area contributed by atoms with Gasteiger partial charge in [-0.2, -0.15) is 5.10 Å². The number of hydrogen-bond donors (Lipinski definition) is 0. The van der Waals surface area contributed by atoms with E-state index in [1.54, 1.807) is 24.0 Å². The number of esters is 2. The van der Waals surface area contributed by atoms with E-state index in [1.807, 2.05) is 0 Å². The van der Waals surface area contributed by atoms with Crippen LogP contribution in [0.4, 0.5) is 0 Å². The maximum atomic E-state index is 11.0. The van der Waals surface area contributed by atoms with Crippen molar-refractivity contribution in [3.8, 4) is 0 Å². The van der Waals surface area contributed by atoms with Gasteiger partial charge in [-0.15, -0.1) is 0 Å². The number of aryl methyl sites for hydroxylation is 1. The number of hydrogen-bond acceptors (Lipinski definition) is 4. The number of carbonyl (C=O) groups is 2. The van der Waals surface area contributed by atoms with E-state index in [2.05, 4.69) is 16.4 Å². The first-order chi connectivity index (χ1) is 7.11. The zero-order valence-electron chi connectivity index (χ0n) is 8.21. The van der Waals surface area contributed by atoms with Crippen LogP contribution in [-0.4, -0.2) is 21.7 Å². The third-order valence-corrected chi connectivity index (χ3v) is 1.49. The summed E-state index contributed by atoms with van der Waals surface area (Å²) in [5, 5.41) is 4.00. The maximum absolute atomic E-state index is 11.0. The molecule has 0 aliphatic heterocycles. The Morgan fingerprint density at radius 1 is 1.53 bits per heavy atom. The number of rotatable bonds is 3. The van der Waals surface area contributed by atoms with Crippen LogP contribution in [0.25, 0.3) is 6.08 Å². The highest BCUT2D eigenvalue weighted by atomic mass is 16.6. The monoisotopic (exact) mass is 206 g/mol. The first-order valence-corrected chi connectivity index (χ1v) is 4.18. The third kappa shape index (κ3) is 3.60. The predicted molar refractivity (Wildman–Crippen MR) is 53.5 cm³/mol. The number of nitrogens with zero attached hydrogens (tertiary/aromatic N) is 2. The summed E-state index contributed by atoms with van der Waals surface area (Å²) in [5.41, 5.74) is 0.612. The van der Waals surface area contributed by atoms with E-state index in [4.69, 9.17) is 0 Å². The minimum absolute atomic E-state index is 0.612. The van der Waals surface area contributed by atoms with Crippen molar-refractivity contribution in [3.63, 3.8) is 0 Å². The molecule has 0 saturated carbocycles. The molecular weight excluding hydrogens is 196 g/mol. The molecule has 0 N–H and O–H groups in total. The van der Waals surface area contributed by atoms with Gasteiger partial charge in [0.05, 0.1) is 5.69 Å². The van der Waals surface area contributed by atoms with Crippen molar-refractivity contribution in [1.82, 2.24) is 9.78 Å². The molecule has 0 saturated heterocycles. The van der Waals surface area contributed by atoms with Crippen LogP contribution in [-0.2, 0) is 21.4 Å². The first kappa shape index (κ1) is 10.9. The molecule has 1 aromatic rings. The second-order valence-electron chi connectivity index (χ2n) is 2.69. The second-order valence-corrected chi connectivity index (χ2v) is 2.69. The Morgan fingerprint density at radius 3 is 2.80 bits per heavy atom. The summed E-state index contributed by atoms with van der Waals surface area (Å²) >= 11 is 0. The summed E-state index contributed by atoms with van der Waals surface area (Å²) in [5.74, 6) is -1.52. The maximum Gasteiger partial charge on any atom is 0.338 e. The van der Waals surface area contributed by atoms with E-state index in [0.29, 0.717) is 5.69 Å². The minimum atomic E-state index is -0.773. The molecule has 0 radical (unpaired) electrons. The van der Waals surface area contributed by atoms with E-state index in [-0.39, 0.29) is 0 Å². The van der Waals surface area contributed by atoms with Crippen molar-refractivity contribution in [1.29, 1.82) is 0 Å². The summed E-state index contributed by atoms with van der Waals surface area (Å²) in [7, 11) is 1.76. The zero-order valence-corrected chi connectivity index (χ0v) is 8.21. The quantitative estimate of drug-likeness (QED) is 0.414.